The van der Waals surface area contributed by atoms with Gasteiger partial charge in [0.05, 0.1) is 19.0 Å². The van der Waals surface area contributed by atoms with Gasteiger partial charge >= 0.3 is 0 Å². The van der Waals surface area contributed by atoms with Gasteiger partial charge in [-0.15, -0.1) is 5.10 Å². The topological polar surface area (TPSA) is 82.8 Å². The summed E-state index contributed by atoms with van der Waals surface area (Å²) in [4.78, 5) is 9.50. The van der Waals surface area contributed by atoms with E-state index in [2.05, 4.69) is 20.4 Å². The Hall–Kier alpha value is -3.33. The molecule has 1 aliphatic heterocycles. The number of imidazole rings is 1. The van der Waals surface area contributed by atoms with E-state index in [0.29, 0.717) is 12.4 Å². The summed E-state index contributed by atoms with van der Waals surface area (Å²) >= 11 is 1.49. The maximum atomic E-state index is 5.42. The van der Waals surface area contributed by atoms with Crippen LogP contribution in [0.3, 0.4) is 0 Å². The summed E-state index contributed by atoms with van der Waals surface area (Å²) in [6, 6.07) is 9.66. The summed E-state index contributed by atoms with van der Waals surface area (Å²) in [7, 11) is 1.59. The molecule has 8 nitrogen and oxygen atoms in total. The molecular weight excluding hydrogens is 366 g/mol. The number of nitrogens with one attached hydrogen (secondary N) is 1. The van der Waals surface area contributed by atoms with E-state index < -0.39 is 0 Å². The van der Waals surface area contributed by atoms with Crippen LogP contribution in [0.4, 0.5) is 5.13 Å². The molecule has 4 aromatic rings. The van der Waals surface area contributed by atoms with E-state index in [0.717, 1.165) is 38.4 Å². The molecule has 0 aliphatic carbocycles. The highest BCUT2D eigenvalue weighted by Crippen LogP contribution is 2.33. The third-order valence-corrected chi connectivity index (χ3v) is 5.09. The first kappa shape index (κ1) is 15.9. The molecule has 0 amide bonds. The van der Waals surface area contributed by atoms with E-state index in [1.54, 1.807) is 19.5 Å². The predicted molar refractivity (Wildman–Crippen MR) is 101 cm³/mol. The minimum atomic E-state index is 0.277. The van der Waals surface area contributed by atoms with Crippen LogP contribution in [-0.2, 0) is 6.54 Å². The Morgan fingerprint density at radius 1 is 1.15 bits per heavy atom. The monoisotopic (exact) mass is 381 g/mol. The zero-order valence-corrected chi connectivity index (χ0v) is 15.2. The third kappa shape index (κ3) is 2.91. The summed E-state index contributed by atoms with van der Waals surface area (Å²) in [5.74, 6) is 2.13. The van der Waals surface area contributed by atoms with Crippen molar-refractivity contribution < 1.29 is 14.2 Å². The molecule has 0 unspecified atom stereocenters. The van der Waals surface area contributed by atoms with Gasteiger partial charge in [0.2, 0.25) is 22.8 Å². The fraction of sp³-hybridized carbons (Fsp3) is 0.167. The maximum absolute atomic E-state index is 5.42. The van der Waals surface area contributed by atoms with E-state index in [-0.39, 0.29) is 6.79 Å². The number of benzene rings is 1. The highest BCUT2D eigenvalue weighted by Gasteiger charge is 2.14. The summed E-state index contributed by atoms with van der Waals surface area (Å²) in [6.45, 7) is 0.908. The van der Waals surface area contributed by atoms with Crippen LogP contribution in [0.5, 0.6) is 17.4 Å². The van der Waals surface area contributed by atoms with Crippen molar-refractivity contribution >= 4 is 21.4 Å². The molecule has 0 spiro atoms. The van der Waals surface area contributed by atoms with Crippen LogP contribution in [0.15, 0.2) is 42.7 Å². The summed E-state index contributed by atoms with van der Waals surface area (Å²) in [5.41, 5.74) is 2.90. The average Bonchev–Trinajstić information content (AvgIpc) is 3.41. The van der Waals surface area contributed by atoms with Gasteiger partial charge in [0.15, 0.2) is 11.5 Å². The van der Waals surface area contributed by atoms with Gasteiger partial charge in [-0.25, -0.2) is 14.5 Å². The summed E-state index contributed by atoms with van der Waals surface area (Å²) in [6.07, 6.45) is 3.55. The Balaban J connectivity index is 1.36. The molecule has 0 saturated carbocycles. The number of hydrogen-bond donors (Lipinski definition) is 1. The lowest BCUT2D eigenvalue weighted by atomic mass is 10.2. The fourth-order valence-corrected chi connectivity index (χ4v) is 3.61. The molecule has 27 heavy (non-hydrogen) atoms. The molecule has 9 heteroatoms. The Labute approximate surface area is 158 Å². The van der Waals surface area contributed by atoms with Crippen LogP contribution < -0.4 is 19.5 Å². The molecular formula is C18H15N5O3S. The lowest BCUT2D eigenvalue weighted by Crippen LogP contribution is -2.00. The Bertz CT molecular complexity index is 1110. The molecule has 136 valence electrons. The van der Waals surface area contributed by atoms with E-state index in [1.807, 2.05) is 34.8 Å². The lowest BCUT2D eigenvalue weighted by molar-refractivity contribution is 0.174. The van der Waals surface area contributed by atoms with Crippen LogP contribution in [-0.4, -0.2) is 33.5 Å². The van der Waals surface area contributed by atoms with E-state index in [9.17, 15) is 0 Å². The van der Waals surface area contributed by atoms with Crippen LogP contribution in [0.2, 0.25) is 0 Å². The molecule has 1 aliphatic rings. The molecule has 3 aromatic heterocycles. The van der Waals surface area contributed by atoms with Gasteiger partial charge in [0, 0.05) is 24.4 Å². The van der Waals surface area contributed by atoms with Crippen LogP contribution >= 0.6 is 11.3 Å². The Kier molecular flexibility index (Phi) is 3.79. The maximum Gasteiger partial charge on any atom is 0.231 e. The number of ether oxygens (including phenoxy) is 3. The zero-order chi connectivity index (χ0) is 18.2. The van der Waals surface area contributed by atoms with Crippen molar-refractivity contribution in [2.24, 2.45) is 0 Å². The van der Waals surface area contributed by atoms with Gasteiger partial charge < -0.3 is 19.5 Å². The molecule has 0 saturated heterocycles. The van der Waals surface area contributed by atoms with Crippen LogP contribution in [0, 0.1) is 0 Å². The zero-order valence-electron chi connectivity index (χ0n) is 14.4. The van der Waals surface area contributed by atoms with Gasteiger partial charge in [-0.1, -0.05) is 17.4 Å². The number of rotatable bonds is 5. The van der Waals surface area contributed by atoms with Gasteiger partial charge in [-0.3, -0.25) is 0 Å². The summed E-state index contributed by atoms with van der Waals surface area (Å²) in [5, 5.41) is 8.76. The Morgan fingerprint density at radius 2 is 2.07 bits per heavy atom. The SMILES string of the molecule is COc1ccc(-c2cnc3sc(NCc4ccc5c(c4)OCO5)nn23)cn1. The van der Waals surface area contributed by atoms with Crippen molar-refractivity contribution in [1.82, 2.24) is 19.6 Å². The summed E-state index contributed by atoms with van der Waals surface area (Å²) < 4.78 is 17.7. The Morgan fingerprint density at radius 3 is 2.93 bits per heavy atom. The third-order valence-electron chi connectivity index (χ3n) is 4.21. The first-order valence-corrected chi connectivity index (χ1v) is 9.09. The minimum absolute atomic E-state index is 0.277. The highest BCUT2D eigenvalue weighted by molar-refractivity contribution is 7.20. The molecule has 4 heterocycles. The number of anilines is 1. The second kappa shape index (κ2) is 6.44. The number of nitrogens with zero attached hydrogens (tertiary/aromatic N) is 4. The molecule has 5 rings (SSSR count). The normalized spacial score (nSPS) is 12.5. The van der Waals surface area contributed by atoms with Gasteiger partial charge in [-0.2, -0.15) is 0 Å². The number of pyridine rings is 1. The number of hydrogen-bond acceptors (Lipinski definition) is 8. The number of methoxy groups -OCH3 is 1. The van der Waals surface area contributed by atoms with Crippen molar-refractivity contribution in [3.63, 3.8) is 0 Å². The average molecular weight is 381 g/mol. The van der Waals surface area contributed by atoms with Gasteiger partial charge in [0.1, 0.15) is 0 Å². The smallest absolute Gasteiger partial charge is 0.231 e. The first-order valence-electron chi connectivity index (χ1n) is 8.27. The standard InChI is InChI=1S/C18H15N5O3S/c1-24-16-5-3-12(8-19-16)13-9-21-18-23(13)22-17(27-18)20-7-11-2-4-14-15(6-11)26-10-25-14/h2-6,8-9H,7,10H2,1H3,(H,20,22). The van der Waals surface area contributed by atoms with Crippen molar-refractivity contribution in [2.45, 2.75) is 6.54 Å². The largest absolute Gasteiger partial charge is 0.481 e. The molecule has 1 N–H and O–H groups in total. The van der Waals surface area contributed by atoms with E-state index >= 15 is 0 Å². The van der Waals surface area contributed by atoms with Crippen molar-refractivity contribution in [1.29, 1.82) is 0 Å². The van der Waals surface area contributed by atoms with Crippen molar-refractivity contribution in [2.75, 3.05) is 19.2 Å². The molecule has 0 radical (unpaired) electrons. The lowest BCUT2D eigenvalue weighted by Gasteiger charge is -2.04. The van der Waals surface area contributed by atoms with Crippen molar-refractivity contribution in [3.8, 4) is 28.6 Å². The highest BCUT2D eigenvalue weighted by atomic mass is 32.1. The number of fused-ring (bicyclic) bond motifs is 2. The number of aromatic nitrogens is 4. The van der Waals surface area contributed by atoms with E-state index in [1.165, 1.54) is 11.3 Å². The molecule has 1 aromatic carbocycles. The minimum Gasteiger partial charge on any atom is -0.481 e. The molecule has 0 atom stereocenters. The van der Waals surface area contributed by atoms with E-state index in [4.69, 9.17) is 14.2 Å². The van der Waals surface area contributed by atoms with Gasteiger partial charge in [-0.05, 0) is 23.8 Å². The second-order valence-corrected chi connectivity index (χ2v) is 6.83. The first-order chi connectivity index (χ1) is 13.3. The van der Waals surface area contributed by atoms with Crippen molar-refractivity contribution in [3.05, 3.63) is 48.3 Å². The van der Waals surface area contributed by atoms with Crippen LogP contribution in [0.25, 0.3) is 16.2 Å². The molecule has 0 fully saturated rings. The molecule has 0 bridgehead atoms. The van der Waals surface area contributed by atoms with Gasteiger partial charge in [0.25, 0.3) is 0 Å². The second-order valence-electron chi connectivity index (χ2n) is 5.88. The fourth-order valence-electron chi connectivity index (χ4n) is 2.84. The van der Waals surface area contributed by atoms with Crippen LogP contribution in [0.1, 0.15) is 5.56 Å². The quantitative estimate of drug-likeness (QED) is 0.568. The predicted octanol–water partition coefficient (Wildman–Crippen LogP) is 3.20.